The molecule has 5 heteroatoms. The highest BCUT2D eigenvalue weighted by Gasteiger charge is 2.47. The molecule has 1 fully saturated rings. The predicted molar refractivity (Wildman–Crippen MR) is 71.1 cm³/mol. The van der Waals surface area contributed by atoms with Gasteiger partial charge in [-0.25, -0.2) is 0 Å². The summed E-state index contributed by atoms with van der Waals surface area (Å²) in [6.45, 7) is 5.49. The van der Waals surface area contributed by atoms with Gasteiger partial charge in [0.25, 0.3) is 5.69 Å². The molecule has 1 aromatic rings. The molecular weight excluding hydrogens is 252 g/mol. The molecule has 1 saturated carbocycles. The van der Waals surface area contributed by atoms with Crippen molar-refractivity contribution in [2.24, 2.45) is 5.41 Å². The van der Waals surface area contributed by atoms with E-state index >= 15 is 0 Å². The Bertz CT molecular complexity index is 496. The van der Waals surface area contributed by atoms with Gasteiger partial charge in [-0.05, 0) is 45.4 Å². The normalized spacial score (nSPS) is 18.4. The molecule has 1 aliphatic carbocycles. The number of hydrogen-bond acceptors (Lipinski definition) is 3. The van der Waals surface area contributed by atoms with Crippen LogP contribution in [0.5, 0.6) is 0 Å². The minimum absolute atomic E-state index is 0.0825. The van der Waals surface area contributed by atoms with Crippen LogP contribution in [0.1, 0.15) is 36.6 Å². The number of nitrogens with zero attached hydrogens (tertiary/aromatic N) is 2. The second-order valence-electron chi connectivity index (χ2n) is 5.27. The molecule has 1 aromatic heterocycles. The zero-order chi connectivity index (χ0) is 13.5. The predicted octanol–water partition coefficient (Wildman–Crippen LogP) is 3.56. The highest BCUT2D eigenvalue weighted by molar-refractivity contribution is 6.21. The molecule has 1 aliphatic rings. The van der Waals surface area contributed by atoms with Gasteiger partial charge >= 0.3 is 0 Å². The Hall–Kier alpha value is -1.16. The molecule has 0 N–H and O–H groups in total. The van der Waals surface area contributed by atoms with Crippen LogP contribution < -0.4 is 0 Å². The van der Waals surface area contributed by atoms with Crippen LogP contribution in [0.15, 0.2) is 6.20 Å². The lowest BCUT2D eigenvalue weighted by atomic mass is 9.93. The van der Waals surface area contributed by atoms with Gasteiger partial charge in [0, 0.05) is 22.7 Å². The van der Waals surface area contributed by atoms with Crippen molar-refractivity contribution in [2.45, 2.75) is 45.4 Å². The molecule has 0 spiro atoms. The fourth-order valence-electron chi connectivity index (χ4n) is 2.43. The summed E-state index contributed by atoms with van der Waals surface area (Å²) >= 11 is 6.21. The Morgan fingerprint density at radius 3 is 2.61 bits per heavy atom. The van der Waals surface area contributed by atoms with Crippen molar-refractivity contribution in [1.82, 2.24) is 4.98 Å². The van der Waals surface area contributed by atoms with Gasteiger partial charge in [-0.1, -0.05) is 0 Å². The van der Waals surface area contributed by atoms with Crippen LogP contribution >= 0.6 is 11.6 Å². The first-order chi connectivity index (χ1) is 8.37. The van der Waals surface area contributed by atoms with Crippen molar-refractivity contribution in [1.29, 1.82) is 0 Å². The van der Waals surface area contributed by atoms with E-state index in [1.807, 2.05) is 6.92 Å². The van der Waals surface area contributed by atoms with Crippen LogP contribution in [0.3, 0.4) is 0 Å². The topological polar surface area (TPSA) is 56.0 Å². The van der Waals surface area contributed by atoms with Crippen molar-refractivity contribution in [3.8, 4) is 0 Å². The van der Waals surface area contributed by atoms with E-state index in [1.54, 1.807) is 20.0 Å². The van der Waals surface area contributed by atoms with Gasteiger partial charge in [0.1, 0.15) is 0 Å². The molecule has 0 bridgehead atoms. The SMILES string of the molecule is Cc1cnc(CC2(C(C)Cl)CC2)c(C)c1[N+](=O)[O-]. The van der Waals surface area contributed by atoms with Gasteiger partial charge in [0.05, 0.1) is 10.6 Å². The molecule has 1 unspecified atom stereocenters. The molecule has 0 saturated heterocycles. The first kappa shape index (κ1) is 13.3. The first-order valence-corrected chi connectivity index (χ1v) is 6.54. The Morgan fingerprint density at radius 1 is 1.56 bits per heavy atom. The number of halogens is 1. The summed E-state index contributed by atoms with van der Waals surface area (Å²) in [4.78, 5) is 15.1. The molecule has 98 valence electrons. The fraction of sp³-hybridized carbons (Fsp3) is 0.615. The second-order valence-corrected chi connectivity index (χ2v) is 5.93. The molecular formula is C13H17ClN2O2. The molecule has 1 heterocycles. The minimum atomic E-state index is -0.320. The molecule has 0 aliphatic heterocycles. The summed E-state index contributed by atoms with van der Waals surface area (Å²) in [5.74, 6) is 0. The van der Waals surface area contributed by atoms with Crippen LogP contribution in [0.2, 0.25) is 0 Å². The zero-order valence-corrected chi connectivity index (χ0v) is 11.6. The van der Waals surface area contributed by atoms with Gasteiger partial charge in [0.15, 0.2) is 0 Å². The molecule has 2 rings (SSSR count). The van der Waals surface area contributed by atoms with E-state index in [0.717, 1.165) is 25.0 Å². The molecule has 1 atom stereocenters. The van der Waals surface area contributed by atoms with E-state index in [4.69, 9.17) is 11.6 Å². The maximum atomic E-state index is 11.1. The number of aromatic nitrogens is 1. The van der Waals surface area contributed by atoms with Crippen molar-refractivity contribution < 1.29 is 4.92 Å². The number of alkyl halides is 1. The summed E-state index contributed by atoms with van der Waals surface area (Å²) in [5, 5.41) is 11.1. The van der Waals surface area contributed by atoms with Crippen LogP contribution in [0, 0.1) is 29.4 Å². The highest BCUT2D eigenvalue weighted by atomic mass is 35.5. The van der Waals surface area contributed by atoms with E-state index in [-0.39, 0.29) is 21.4 Å². The van der Waals surface area contributed by atoms with Crippen LogP contribution in [0.4, 0.5) is 5.69 Å². The maximum Gasteiger partial charge on any atom is 0.278 e. The fourth-order valence-corrected chi connectivity index (χ4v) is 2.73. The lowest BCUT2D eigenvalue weighted by Crippen LogP contribution is -2.17. The smallest absolute Gasteiger partial charge is 0.260 e. The number of rotatable bonds is 4. The minimum Gasteiger partial charge on any atom is -0.260 e. The number of pyridine rings is 1. The summed E-state index contributed by atoms with van der Waals surface area (Å²) in [6, 6.07) is 0. The number of nitro groups is 1. The summed E-state index contributed by atoms with van der Waals surface area (Å²) in [7, 11) is 0. The lowest BCUT2D eigenvalue weighted by molar-refractivity contribution is -0.386. The molecule has 18 heavy (non-hydrogen) atoms. The van der Waals surface area contributed by atoms with Crippen molar-refractivity contribution in [2.75, 3.05) is 0 Å². The standard InChI is InChI=1S/C13H17ClN2O2/c1-8-7-15-11(9(2)12(8)16(17)18)6-13(4-5-13)10(3)14/h7,10H,4-6H2,1-3H3. The van der Waals surface area contributed by atoms with E-state index in [2.05, 4.69) is 4.98 Å². The number of hydrogen-bond donors (Lipinski definition) is 0. The third kappa shape index (κ3) is 2.21. The van der Waals surface area contributed by atoms with E-state index in [9.17, 15) is 10.1 Å². The summed E-state index contributed by atoms with van der Waals surface area (Å²) in [5.41, 5.74) is 2.41. The van der Waals surface area contributed by atoms with E-state index in [0.29, 0.717) is 11.1 Å². The summed E-state index contributed by atoms with van der Waals surface area (Å²) in [6.07, 6.45) is 4.50. The van der Waals surface area contributed by atoms with Gasteiger partial charge in [0.2, 0.25) is 0 Å². The molecule has 4 nitrogen and oxygen atoms in total. The van der Waals surface area contributed by atoms with Crippen LogP contribution in [-0.4, -0.2) is 15.3 Å². The highest BCUT2D eigenvalue weighted by Crippen LogP contribution is 2.53. The molecule has 0 amide bonds. The monoisotopic (exact) mass is 268 g/mol. The Labute approximate surface area is 112 Å². The average Bonchev–Trinajstić information content (AvgIpc) is 3.03. The quantitative estimate of drug-likeness (QED) is 0.477. The average molecular weight is 269 g/mol. The first-order valence-electron chi connectivity index (χ1n) is 6.11. The second kappa shape index (κ2) is 4.50. The van der Waals surface area contributed by atoms with E-state index < -0.39 is 0 Å². The third-order valence-electron chi connectivity index (χ3n) is 4.01. The van der Waals surface area contributed by atoms with Crippen molar-refractivity contribution >= 4 is 17.3 Å². The Balaban J connectivity index is 2.36. The van der Waals surface area contributed by atoms with Crippen LogP contribution in [-0.2, 0) is 6.42 Å². The van der Waals surface area contributed by atoms with Crippen LogP contribution in [0.25, 0.3) is 0 Å². The maximum absolute atomic E-state index is 11.1. The van der Waals surface area contributed by atoms with Gasteiger partial charge in [-0.2, -0.15) is 0 Å². The van der Waals surface area contributed by atoms with Gasteiger partial charge in [-0.3, -0.25) is 15.1 Å². The summed E-state index contributed by atoms with van der Waals surface area (Å²) < 4.78 is 0. The molecule has 0 aromatic carbocycles. The third-order valence-corrected chi connectivity index (χ3v) is 4.48. The number of aryl methyl sites for hydroxylation is 1. The van der Waals surface area contributed by atoms with Crippen molar-refractivity contribution in [3.05, 3.63) is 33.1 Å². The lowest BCUT2D eigenvalue weighted by Gasteiger charge is -2.18. The Morgan fingerprint density at radius 2 is 2.17 bits per heavy atom. The van der Waals surface area contributed by atoms with E-state index in [1.165, 1.54) is 0 Å². The Kier molecular flexibility index (Phi) is 3.32. The molecule has 0 radical (unpaired) electrons. The zero-order valence-electron chi connectivity index (χ0n) is 10.9. The van der Waals surface area contributed by atoms with Gasteiger partial charge < -0.3 is 0 Å². The largest absolute Gasteiger partial charge is 0.278 e. The van der Waals surface area contributed by atoms with Crippen molar-refractivity contribution in [3.63, 3.8) is 0 Å². The van der Waals surface area contributed by atoms with Gasteiger partial charge in [-0.15, -0.1) is 11.6 Å².